The van der Waals surface area contributed by atoms with Crippen LogP contribution < -0.4 is 5.32 Å². The van der Waals surface area contributed by atoms with E-state index in [-0.39, 0.29) is 11.8 Å². The number of rotatable bonds is 5. The van der Waals surface area contributed by atoms with E-state index in [4.69, 9.17) is 0 Å². The van der Waals surface area contributed by atoms with Crippen LogP contribution in [0.4, 0.5) is 0 Å². The number of thiazole rings is 1. The van der Waals surface area contributed by atoms with Gasteiger partial charge in [0.15, 0.2) is 0 Å². The maximum Gasteiger partial charge on any atom is 0.252 e. The van der Waals surface area contributed by atoms with E-state index in [2.05, 4.69) is 36.6 Å². The van der Waals surface area contributed by atoms with Crippen molar-refractivity contribution in [3.05, 3.63) is 58.6 Å². The van der Waals surface area contributed by atoms with Gasteiger partial charge in [0, 0.05) is 49.9 Å². The molecule has 4 heterocycles. The monoisotopic (exact) mass is 369 g/mol. The van der Waals surface area contributed by atoms with Crippen LogP contribution >= 0.6 is 11.3 Å². The third kappa shape index (κ3) is 3.94. The van der Waals surface area contributed by atoms with Gasteiger partial charge >= 0.3 is 0 Å². The molecule has 0 aromatic carbocycles. The van der Waals surface area contributed by atoms with E-state index in [0.717, 1.165) is 31.2 Å². The average Bonchev–Trinajstić information content (AvgIpc) is 3.29. The summed E-state index contributed by atoms with van der Waals surface area (Å²) in [5, 5.41) is 18.0. The van der Waals surface area contributed by atoms with Gasteiger partial charge < -0.3 is 5.32 Å². The van der Waals surface area contributed by atoms with Crippen LogP contribution in [0.15, 0.2) is 42.3 Å². The van der Waals surface area contributed by atoms with Gasteiger partial charge in [-0.2, -0.15) is 15.3 Å². The fraction of sp³-hybridized carbons (Fsp3) is 0.353. The van der Waals surface area contributed by atoms with Crippen molar-refractivity contribution in [2.45, 2.75) is 19.6 Å². The van der Waals surface area contributed by atoms with Gasteiger partial charge in [-0.1, -0.05) is 0 Å². The lowest BCUT2D eigenvalue weighted by Gasteiger charge is -2.23. The molecule has 0 radical (unpaired) electrons. The van der Waals surface area contributed by atoms with Crippen LogP contribution in [0.1, 0.15) is 21.1 Å². The number of aromatic nitrogens is 5. The summed E-state index contributed by atoms with van der Waals surface area (Å²) in [4.78, 5) is 19.0. The number of carbonyl (C=O) groups is 1. The fourth-order valence-corrected chi connectivity index (χ4v) is 3.81. The van der Waals surface area contributed by atoms with E-state index in [1.54, 1.807) is 17.4 Å². The molecule has 1 amide bonds. The third-order valence-corrected chi connectivity index (χ3v) is 5.14. The minimum atomic E-state index is -0.128. The zero-order valence-corrected chi connectivity index (χ0v) is 15.0. The highest BCUT2D eigenvalue weighted by molar-refractivity contribution is 7.09. The summed E-state index contributed by atoms with van der Waals surface area (Å²) < 4.78 is 2.03. The lowest BCUT2D eigenvalue weighted by atomic mass is 10.1. The molecule has 9 heteroatoms. The Morgan fingerprint density at radius 3 is 3.00 bits per heavy atom. The number of hydrogen-bond acceptors (Lipinski definition) is 7. The highest BCUT2D eigenvalue weighted by Crippen LogP contribution is 2.18. The number of amides is 1. The van der Waals surface area contributed by atoms with Crippen LogP contribution in [0.2, 0.25) is 0 Å². The van der Waals surface area contributed by atoms with Gasteiger partial charge in [0.2, 0.25) is 0 Å². The highest BCUT2D eigenvalue weighted by Gasteiger charge is 2.23. The van der Waals surface area contributed by atoms with Crippen molar-refractivity contribution >= 4 is 17.2 Å². The highest BCUT2D eigenvalue weighted by atomic mass is 32.1. The van der Waals surface area contributed by atoms with Gasteiger partial charge in [-0.3, -0.25) is 14.4 Å². The summed E-state index contributed by atoms with van der Waals surface area (Å²) in [6.07, 6.45) is 6.66. The van der Waals surface area contributed by atoms with E-state index in [1.807, 2.05) is 22.5 Å². The van der Waals surface area contributed by atoms with E-state index in [0.29, 0.717) is 12.1 Å². The van der Waals surface area contributed by atoms with Crippen LogP contribution in [-0.4, -0.2) is 48.9 Å². The number of hydrogen-bond donors (Lipinski definition) is 1. The molecule has 0 saturated heterocycles. The van der Waals surface area contributed by atoms with Gasteiger partial charge in [-0.25, -0.2) is 4.98 Å². The first-order valence-corrected chi connectivity index (χ1v) is 9.32. The maximum atomic E-state index is 12.3. The minimum Gasteiger partial charge on any atom is -0.352 e. The fourth-order valence-electron chi connectivity index (χ4n) is 3.16. The Morgan fingerprint density at radius 1 is 1.23 bits per heavy atom. The summed E-state index contributed by atoms with van der Waals surface area (Å²) in [6.45, 7) is 3.87. The Hall–Kier alpha value is -2.65. The molecule has 3 aromatic heterocycles. The molecule has 0 fully saturated rings. The van der Waals surface area contributed by atoms with Crippen LogP contribution in [0.5, 0.6) is 0 Å². The minimum absolute atomic E-state index is 0.128. The van der Waals surface area contributed by atoms with E-state index >= 15 is 0 Å². The molecule has 1 N–H and O–H groups in total. The predicted molar refractivity (Wildman–Crippen MR) is 96.3 cm³/mol. The van der Waals surface area contributed by atoms with Crippen LogP contribution in [0.3, 0.4) is 0 Å². The van der Waals surface area contributed by atoms with Crippen molar-refractivity contribution in [1.82, 2.24) is 35.2 Å². The Balaban J connectivity index is 1.43. The summed E-state index contributed by atoms with van der Waals surface area (Å²) >= 11 is 1.67. The summed E-state index contributed by atoms with van der Waals surface area (Å²) in [5.41, 5.74) is 1.71. The van der Waals surface area contributed by atoms with E-state index in [1.165, 1.54) is 18.1 Å². The molecule has 1 aliphatic heterocycles. The van der Waals surface area contributed by atoms with E-state index < -0.39 is 0 Å². The second-order valence-corrected chi connectivity index (χ2v) is 7.29. The lowest BCUT2D eigenvalue weighted by molar-refractivity contribution is 0.0939. The average molecular weight is 369 g/mol. The summed E-state index contributed by atoms with van der Waals surface area (Å²) in [7, 11) is 0. The second kappa shape index (κ2) is 7.71. The third-order valence-electron chi connectivity index (χ3n) is 4.38. The molecule has 0 spiro atoms. The Morgan fingerprint density at radius 2 is 2.19 bits per heavy atom. The van der Waals surface area contributed by atoms with Crippen molar-refractivity contribution in [2.24, 2.45) is 5.92 Å². The topological polar surface area (TPSA) is 88.8 Å². The molecule has 0 aliphatic carbocycles. The molecule has 4 rings (SSSR count). The van der Waals surface area contributed by atoms with Gasteiger partial charge in [0.05, 0.1) is 30.2 Å². The number of nitrogens with zero attached hydrogens (tertiary/aromatic N) is 6. The van der Waals surface area contributed by atoms with Crippen molar-refractivity contribution in [1.29, 1.82) is 0 Å². The van der Waals surface area contributed by atoms with Crippen LogP contribution in [-0.2, 0) is 19.6 Å². The number of fused-ring (bicyclic) bond motifs is 1. The normalized spacial score (nSPS) is 17.5. The molecule has 0 saturated carbocycles. The van der Waals surface area contributed by atoms with Crippen LogP contribution in [0.25, 0.3) is 0 Å². The molecule has 1 unspecified atom stereocenters. The molecule has 1 aliphatic rings. The van der Waals surface area contributed by atoms with Gasteiger partial charge in [0.25, 0.3) is 5.91 Å². The van der Waals surface area contributed by atoms with Crippen molar-refractivity contribution in [3.63, 3.8) is 0 Å². The number of carbonyl (C=O) groups excluding carboxylic acids is 1. The number of nitrogens with one attached hydrogen (secondary N) is 1. The van der Waals surface area contributed by atoms with Gasteiger partial charge in [-0.05, 0) is 12.1 Å². The molecule has 0 bridgehead atoms. The standard InChI is InChI=1S/C17H19N7OS/c25-17(14-1-3-20-21-8-14)19-7-13-9-23(12-16-18-5-6-26-16)11-15-2-4-22-24(15)10-13/h1-6,8,13H,7,9-12H2,(H,19,25). The Bertz CT molecular complexity index is 849. The Labute approximate surface area is 154 Å². The smallest absolute Gasteiger partial charge is 0.252 e. The quantitative estimate of drug-likeness (QED) is 0.727. The van der Waals surface area contributed by atoms with Crippen LogP contribution in [0, 0.1) is 5.92 Å². The van der Waals surface area contributed by atoms with Crippen molar-refractivity contribution in [2.75, 3.05) is 13.1 Å². The van der Waals surface area contributed by atoms with Gasteiger partial charge in [-0.15, -0.1) is 11.3 Å². The van der Waals surface area contributed by atoms with Crippen molar-refractivity contribution < 1.29 is 4.79 Å². The maximum absolute atomic E-state index is 12.3. The molecular weight excluding hydrogens is 350 g/mol. The second-order valence-electron chi connectivity index (χ2n) is 6.31. The molecule has 1 atom stereocenters. The summed E-state index contributed by atoms with van der Waals surface area (Å²) in [6, 6.07) is 3.72. The molecule has 134 valence electrons. The first-order valence-electron chi connectivity index (χ1n) is 8.44. The lowest BCUT2D eigenvalue weighted by Crippen LogP contribution is -2.36. The molecule has 3 aromatic rings. The SMILES string of the molecule is O=C(NCC1CN(Cc2nccs2)Cc2ccnn2C1)c1ccnnc1. The Kier molecular flexibility index (Phi) is 4.98. The largest absolute Gasteiger partial charge is 0.352 e. The molecular formula is C17H19N7OS. The van der Waals surface area contributed by atoms with Crippen molar-refractivity contribution in [3.8, 4) is 0 Å². The zero-order chi connectivity index (χ0) is 17.8. The zero-order valence-electron chi connectivity index (χ0n) is 14.2. The predicted octanol–water partition coefficient (Wildman–Crippen LogP) is 1.19. The summed E-state index contributed by atoms with van der Waals surface area (Å²) in [5.74, 6) is 0.131. The molecule has 8 nitrogen and oxygen atoms in total. The van der Waals surface area contributed by atoms with Gasteiger partial charge in [0.1, 0.15) is 5.01 Å². The first kappa shape index (κ1) is 16.8. The molecule has 26 heavy (non-hydrogen) atoms. The first-order chi connectivity index (χ1) is 12.8. The van der Waals surface area contributed by atoms with E-state index in [9.17, 15) is 4.79 Å².